The third kappa shape index (κ3) is 3.75. The summed E-state index contributed by atoms with van der Waals surface area (Å²) in [6.45, 7) is 2.73. The molecule has 2 aromatic rings. The summed E-state index contributed by atoms with van der Waals surface area (Å²) in [6, 6.07) is 12.3. The molecule has 0 aliphatic carbocycles. The van der Waals surface area contributed by atoms with Crippen LogP contribution in [0.15, 0.2) is 42.5 Å². The summed E-state index contributed by atoms with van der Waals surface area (Å²) in [4.78, 5) is 13.1. The Bertz CT molecular complexity index is 652. The van der Waals surface area contributed by atoms with Crippen LogP contribution in [0.25, 0.3) is 0 Å². The van der Waals surface area contributed by atoms with Gasteiger partial charge in [0.2, 0.25) is 0 Å². The highest BCUT2D eigenvalue weighted by Crippen LogP contribution is 2.23. The molecule has 0 aliphatic rings. The second-order valence-electron chi connectivity index (χ2n) is 5.15. The van der Waals surface area contributed by atoms with Crippen LogP contribution in [0.3, 0.4) is 0 Å². The van der Waals surface area contributed by atoms with Crippen LogP contribution in [0.1, 0.15) is 21.5 Å². The zero-order chi connectivity index (χ0) is 15.4. The SMILES string of the molecule is Cc1cc(O)ccc1N(C)CCc1cccc(C(=O)O)c1. The lowest BCUT2D eigenvalue weighted by Gasteiger charge is -2.21. The summed E-state index contributed by atoms with van der Waals surface area (Å²) in [6.07, 6.45) is 0.762. The Kier molecular flexibility index (Phi) is 4.48. The van der Waals surface area contributed by atoms with Crippen LogP contribution in [0.4, 0.5) is 5.69 Å². The molecule has 4 heteroatoms. The van der Waals surface area contributed by atoms with Crippen molar-refractivity contribution in [2.45, 2.75) is 13.3 Å². The van der Waals surface area contributed by atoms with Crippen molar-refractivity contribution < 1.29 is 15.0 Å². The maximum absolute atomic E-state index is 11.0. The van der Waals surface area contributed by atoms with Crippen molar-refractivity contribution in [1.29, 1.82) is 0 Å². The van der Waals surface area contributed by atoms with E-state index in [2.05, 4.69) is 4.90 Å². The predicted molar refractivity (Wildman–Crippen MR) is 83.2 cm³/mol. The van der Waals surface area contributed by atoms with Crippen LogP contribution in [-0.2, 0) is 6.42 Å². The van der Waals surface area contributed by atoms with Gasteiger partial charge in [-0.3, -0.25) is 0 Å². The molecule has 0 bridgehead atoms. The number of hydrogen-bond acceptors (Lipinski definition) is 3. The lowest BCUT2D eigenvalue weighted by Crippen LogP contribution is -2.21. The molecule has 21 heavy (non-hydrogen) atoms. The zero-order valence-corrected chi connectivity index (χ0v) is 12.2. The van der Waals surface area contributed by atoms with Gasteiger partial charge in [0.15, 0.2) is 0 Å². The van der Waals surface area contributed by atoms with Gasteiger partial charge in [-0.25, -0.2) is 4.79 Å². The molecule has 0 saturated heterocycles. The molecule has 2 N–H and O–H groups in total. The topological polar surface area (TPSA) is 60.8 Å². The molecular formula is C17H19NO3. The van der Waals surface area contributed by atoms with Crippen molar-refractivity contribution in [1.82, 2.24) is 0 Å². The van der Waals surface area contributed by atoms with E-state index < -0.39 is 5.97 Å². The van der Waals surface area contributed by atoms with Gasteiger partial charge in [0, 0.05) is 19.3 Å². The van der Waals surface area contributed by atoms with Gasteiger partial charge in [0.1, 0.15) is 5.75 Å². The molecule has 0 aliphatic heterocycles. The summed E-state index contributed by atoms with van der Waals surface area (Å²) in [5.74, 6) is -0.640. The molecule has 0 unspecified atom stereocenters. The maximum Gasteiger partial charge on any atom is 0.335 e. The third-order valence-electron chi connectivity index (χ3n) is 3.50. The fourth-order valence-corrected chi connectivity index (χ4v) is 2.35. The molecule has 0 aromatic heterocycles. The lowest BCUT2D eigenvalue weighted by atomic mass is 10.1. The number of anilines is 1. The lowest BCUT2D eigenvalue weighted by molar-refractivity contribution is 0.0696. The molecule has 4 nitrogen and oxygen atoms in total. The molecule has 2 aromatic carbocycles. The minimum atomic E-state index is -0.903. The van der Waals surface area contributed by atoms with Crippen LogP contribution in [0, 0.1) is 6.92 Å². The maximum atomic E-state index is 11.0. The summed E-state index contributed by atoms with van der Waals surface area (Å²) >= 11 is 0. The first-order valence-electron chi connectivity index (χ1n) is 6.80. The Morgan fingerprint density at radius 2 is 1.95 bits per heavy atom. The number of benzene rings is 2. The highest BCUT2D eigenvalue weighted by atomic mass is 16.4. The van der Waals surface area contributed by atoms with E-state index in [4.69, 9.17) is 5.11 Å². The van der Waals surface area contributed by atoms with E-state index in [0.29, 0.717) is 5.56 Å². The second-order valence-corrected chi connectivity index (χ2v) is 5.15. The summed E-state index contributed by atoms with van der Waals surface area (Å²) < 4.78 is 0. The minimum absolute atomic E-state index is 0.263. The Morgan fingerprint density at radius 1 is 1.19 bits per heavy atom. The first kappa shape index (κ1) is 14.9. The number of rotatable bonds is 5. The summed E-state index contributed by atoms with van der Waals surface area (Å²) in [7, 11) is 1.99. The van der Waals surface area contributed by atoms with Crippen LogP contribution in [-0.4, -0.2) is 29.8 Å². The third-order valence-corrected chi connectivity index (χ3v) is 3.50. The Hall–Kier alpha value is -2.49. The van der Waals surface area contributed by atoms with E-state index in [1.54, 1.807) is 30.3 Å². The summed E-state index contributed by atoms with van der Waals surface area (Å²) in [5.41, 5.74) is 3.38. The monoisotopic (exact) mass is 285 g/mol. The quantitative estimate of drug-likeness (QED) is 0.886. The van der Waals surface area contributed by atoms with Gasteiger partial charge in [0.05, 0.1) is 5.56 Å². The number of phenolic OH excluding ortho intramolecular Hbond substituents is 1. The van der Waals surface area contributed by atoms with E-state index in [0.717, 1.165) is 29.8 Å². The summed E-state index contributed by atoms with van der Waals surface area (Å²) in [5, 5.41) is 18.4. The number of carboxylic acids is 1. The largest absolute Gasteiger partial charge is 0.508 e. The fourth-order valence-electron chi connectivity index (χ4n) is 2.35. The van der Waals surface area contributed by atoms with Crippen LogP contribution >= 0.6 is 0 Å². The minimum Gasteiger partial charge on any atom is -0.508 e. The molecule has 0 heterocycles. The van der Waals surface area contributed by atoms with E-state index >= 15 is 0 Å². The van der Waals surface area contributed by atoms with E-state index in [1.165, 1.54) is 0 Å². The van der Waals surface area contributed by atoms with Crippen molar-refractivity contribution in [2.75, 3.05) is 18.5 Å². The van der Waals surface area contributed by atoms with E-state index in [9.17, 15) is 9.90 Å². The standard InChI is InChI=1S/C17H19NO3/c1-12-10-15(19)6-7-16(12)18(2)9-8-13-4-3-5-14(11-13)17(20)21/h3-7,10-11,19H,8-9H2,1-2H3,(H,20,21). The number of likely N-dealkylation sites (N-methyl/N-ethyl adjacent to an activating group) is 1. The first-order valence-corrected chi connectivity index (χ1v) is 6.80. The average Bonchev–Trinajstić information content (AvgIpc) is 2.45. The number of carboxylic acid groups (broad SMARTS) is 1. The molecule has 0 spiro atoms. The highest BCUT2D eigenvalue weighted by molar-refractivity contribution is 5.87. The van der Waals surface area contributed by atoms with Gasteiger partial charge in [-0.15, -0.1) is 0 Å². The predicted octanol–water partition coefficient (Wildman–Crippen LogP) is 3.08. The Labute approximate surface area is 124 Å². The van der Waals surface area contributed by atoms with Gasteiger partial charge in [-0.2, -0.15) is 0 Å². The number of aryl methyl sites for hydroxylation is 1. The van der Waals surface area contributed by atoms with E-state index in [1.807, 2.05) is 26.1 Å². The van der Waals surface area contributed by atoms with Crippen molar-refractivity contribution in [3.05, 3.63) is 59.2 Å². The van der Waals surface area contributed by atoms with Gasteiger partial charge in [0.25, 0.3) is 0 Å². The number of aromatic hydroxyl groups is 1. The molecule has 0 atom stereocenters. The fraction of sp³-hybridized carbons (Fsp3) is 0.235. The van der Waals surface area contributed by atoms with Gasteiger partial charge in [-0.1, -0.05) is 12.1 Å². The Morgan fingerprint density at radius 3 is 2.62 bits per heavy atom. The number of nitrogens with zero attached hydrogens (tertiary/aromatic N) is 1. The zero-order valence-electron chi connectivity index (χ0n) is 12.2. The molecule has 110 valence electrons. The normalized spacial score (nSPS) is 10.4. The number of carbonyl (C=O) groups is 1. The first-order chi connectivity index (χ1) is 9.97. The molecule has 0 radical (unpaired) electrons. The van der Waals surface area contributed by atoms with Crippen molar-refractivity contribution in [3.63, 3.8) is 0 Å². The van der Waals surface area contributed by atoms with Crippen molar-refractivity contribution in [2.24, 2.45) is 0 Å². The molecular weight excluding hydrogens is 266 g/mol. The molecule has 0 saturated carbocycles. The van der Waals surface area contributed by atoms with E-state index in [-0.39, 0.29) is 5.75 Å². The van der Waals surface area contributed by atoms with Crippen LogP contribution in [0.2, 0.25) is 0 Å². The number of phenols is 1. The second kappa shape index (κ2) is 6.31. The highest BCUT2D eigenvalue weighted by Gasteiger charge is 2.07. The van der Waals surface area contributed by atoms with Gasteiger partial charge < -0.3 is 15.1 Å². The number of aromatic carboxylic acids is 1. The van der Waals surface area contributed by atoms with Crippen molar-refractivity contribution >= 4 is 11.7 Å². The molecule has 2 rings (SSSR count). The van der Waals surface area contributed by atoms with Gasteiger partial charge >= 0.3 is 5.97 Å². The van der Waals surface area contributed by atoms with Crippen LogP contribution in [0.5, 0.6) is 5.75 Å². The molecule has 0 fully saturated rings. The van der Waals surface area contributed by atoms with Crippen LogP contribution < -0.4 is 4.90 Å². The molecule has 0 amide bonds. The average molecular weight is 285 g/mol. The van der Waals surface area contributed by atoms with Crippen molar-refractivity contribution in [3.8, 4) is 5.75 Å². The van der Waals surface area contributed by atoms with Gasteiger partial charge in [-0.05, 0) is 54.8 Å². The number of hydrogen-bond donors (Lipinski definition) is 2. The smallest absolute Gasteiger partial charge is 0.335 e. The Balaban J connectivity index is 2.05.